The second-order valence-corrected chi connectivity index (χ2v) is 6.21. The van der Waals surface area contributed by atoms with E-state index in [4.69, 9.17) is 0 Å². The third kappa shape index (κ3) is 3.65. The zero-order valence-corrected chi connectivity index (χ0v) is 13.5. The van der Waals surface area contributed by atoms with Gasteiger partial charge < -0.3 is 4.90 Å². The second-order valence-electron chi connectivity index (χ2n) is 6.21. The van der Waals surface area contributed by atoms with E-state index >= 15 is 0 Å². The van der Waals surface area contributed by atoms with Crippen molar-refractivity contribution in [3.63, 3.8) is 0 Å². The molecule has 118 valence electrons. The first-order chi connectivity index (χ1) is 10.7. The van der Waals surface area contributed by atoms with Crippen molar-refractivity contribution in [3.8, 4) is 0 Å². The van der Waals surface area contributed by atoms with Gasteiger partial charge in [0.1, 0.15) is 5.82 Å². The molecular formula is C17H25N5. The van der Waals surface area contributed by atoms with E-state index in [1.165, 1.54) is 5.69 Å². The van der Waals surface area contributed by atoms with Crippen molar-refractivity contribution in [2.24, 2.45) is 0 Å². The minimum atomic E-state index is 0.388. The summed E-state index contributed by atoms with van der Waals surface area (Å²) in [5.41, 5.74) is 1.33. The number of hydrogen-bond donors (Lipinski definition) is 1. The van der Waals surface area contributed by atoms with Crippen LogP contribution in [0.1, 0.15) is 31.4 Å². The lowest BCUT2D eigenvalue weighted by molar-refractivity contribution is 0.259. The lowest BCUT2D eigenvalue weighted by atomic mass is 10.2. The molecule has 2 aromatic rings. The normalized spacial score (nSPS) is 16.4. The lowest BCUT2D eigenvalue weighted by Crippen LogP contribution is -2.47. The number of hydrogen-bond acceptors (Lipinski definition) is 4. The predicted molar refractivity (Wildman–Crippen MR) is 89.3 cm³/mol. The van der Waals surface area contributed by atoms with E-state index in [0.717, 1.165) is 50.8 Å². The van der Waals surface area contributed by atoms with Gasteiger partial charge in [-0.25, -0.2) is 4.98 Å². The summed E-state index contributed by atoms with van der Waals surface area (Å²) in [5.74, 6) is 2.32. The smallest absolute Gasteiger partial charge is 0.153 e. The van der Waals surface area contributed by atoms with Crippen LogP contribution in [0.3, 0.4) is 0 Å². The van der Waals surface area contributed by atoms with E-state index in [-0.39, 0.29) is 0 Å². The van der Waals surface area contributed by atoms with Gasteiger partial charge in [0.05, 0.1) is 0 Å². The number of nitrogens with zero attached hydrogens (tertiary/aromatic N) is 4. The van der Waals surface area contributed by atoms with Crippen LogP contribution in [0.5, 0.6) is 0 Å². The van der Waals surface area contributed by atoms with Crippen molar-refractivity contribution < 1.29 is 0 Å². The van der Waals surface area contributed by atoms with Crippen LogP contribution in [0, 0.1) is 0 Å². The molecule has 0 aliphatic carbocycles. The van der Waals surface area contributed by atoms with Gasteiger partial charge in [-0.1, -0.05) is 32.0 Å². The van der Waals surface area contributed by atoms with Crippen molar-refractivity contribution in [2.75, 3.05) is 37.6 Å². The second kappa shape index (κ2) is 6.92. The molecule has 0 amide bonds. The molecule has 1 aromatic carbocycles. The van der Waals surface area contributed by atoms with Gasteiger partial charge in [0.2, 0.25) is 0 Å². The fourth-order valence-corrected chi connectivity index (χ4v) is 2.81. The summed E-state index contributed by atoms with van der Waals surface area (Å²) in [7, 11) is 0. The number of nitrogens with one attached hydrogen (secondary N) is 1. The molecule has 0 bridgehead atoms. The fourth-order valence-electron chi connectivity index (χ4n) is 2.81. The summed E-state index contributed by atoms with van der Waals surface area (Å²) in [6.45, 7) is 9.70. The molecule has 1 N–H and O–H groups in total. The summed E-state index contributed by atoms with van der Waals surface area (Å²) in [6.07, 6.45) is 0.949. The molecule has 0 radical (unpaired) electrons. The number of aromatic nitrogens is 3. The Hall–Kier alpha value is -1.88. The molecule has 1 saturated heterocycles. The predicted octanol–water partition coefficient (Wildman–Crippen LogP) is 2.29. The lowest BCUT2D eigenvalue weighted by Gasteiger charge is -2.36. The molecule has 1 aromatic heterocycles. The molecule has 1 aliphatic heterocycles. The minimum Gasteiger partial charge on any atom is -0.369 e. The zero-order chi connectivity index (χ0) is 15.4. The Morgan fingerprint density at radius 1 is 1.09 bits per heavy atom. The van der Waals surface area contributed by atoms with E-state index in [0.29, 0.717) is 5.92 Å². The SMILES string of the molecule is CC(C)c1n[nH]c(CCN2CCN(c3ccccc3)CC2)n1. The fraction of sp³-hybridized carbons (Fsp3) is 0.529. The highest BCUT2D eigenvalue weighted by atomic mass is 15.3. The Bertz CT molecular complexity index is 570. The highest BCUT2D eigenvalue weighted by Crippen LogP contribution is 2.15. The average molecular weight is 299 g/mol. The quantitative estimate of drug-likeness (QED) is 0.920. The third-order valence-corrected chi connectivity index (χ3v) is 4.22. The van der Waals surface area contributed by atoms with Crippen molar-refractivity contribution in [3.05, 3.63) is 42.0 Å². The molecule has 0 unspecified atom stereocenters. The maximum absolute atomic E-state index is 4.55. The number of piperazine rings is 1. The van der Waals surface area contributed by atoms with Crippen LogP contribution in [0.2, 0.25) is 0 Å². The molecule has 1 fully saturated rings. The Balaban J connectivity index is 1.46. The average Bonchev–Trinajstić information content (AvgIpc) is 3.04. The summed E-state index contributed by atoms with van der Waals surface area (Å²) < 4.78 is 0. The largest absolute Gasteiger partial charge is 0.369 e. The van der Waals surface area contributed by atoms with E-state index in [9.17, 15) is 0 Å². The Kier molecular flexibility index (Phi) is 4.73. The van der Waals surface area contributed by atoms with Crippen molar-refractivity contribution in [1.29, 1.82) is 0 Å². The first-order valence-electron chi connectivity index (χ1n) is 8.16. The molecule has 22 heavy (non-hydrogen) atoms. The van der Waals surface area contributed by atoms with Gasteiger partial charge in [-0.2, -0.15) is 5.10 Å². The molecule has 0 atom stereocenters. The number of aromatic amines is 1. The topological polar surface area (TPSA) is 48.1 Å². The Morgan fingerprint density at radius 2 is 1.82 bits per heavy atom. The molecule has 3 rings (SSSR count). The molecule has 1 aliphatic rings. The maximum atomic E-state index is 4.55. The number of H-pyrrole nitrogens is 1. The van der Waals surface area contributed by atoms with Crippen LogP contribution in [0.25, 0.3) is 0 Å². The Labute approximate surface area is 132 Å². The van der Waals surface area contributed by atoms with Gasteiger partial charge in [0.25, 0.3) is 0 Å². The summed E-state index contributed by atoms with van der Waals surface area (Å²) >= 11 is 0. The van der Waals surface area contributed by atoms with E-state index in [2.05, 4.69) is 69.2 Å². The van der Waals surface area contributed by atoms with E-state index in [1.807, 2.05) is 0 Å². The minimum absolute atomic E-state index is 0.388. The van der Waals surface area contributed by atoms with Crippen molar-refractivity contribution in [2.45, 2.75) is 26.2 Å². The molecule has 2 heterocycles. The maximum Gasteiger partial charge on any atom is 0.153 e. The van der Waals surface area contributed by atoms with Gasteiger partial charge in [-0.3, -0.25) is 10.00 Å². The van der Waals surface area contributed by atoms with E-state index < -0.39 is 0 Å². The van der Waals surface area contributed by atoms with Crippen LogP contribution in [-0.4, -0.2) is 52.8 Å². The van der Waals surface area contributed by atoms with Crippen molar-refractivity contribution >= 4 is 5.69 Å². The first kappa shape index (κ1) is 15.0. The highest BCUT2D eigenvalue weighted by Gasteiger charge is 2.17. The molecular weight excluding hydrogens is 274 g/mol. The van der Waals surface area contributed by atoms with Crippen LogP contribution < -0.4 is 4.90 Å². The summed E-state index contributed by atoms with van der Waals surface area (Å²) in [6, 6.07) is 10.7. The molecule has 5 heteroatoms. The van der Waals surface area contributed by atoms with E-state index in [1.54, 1.807) is 0 Å². The summed E-state index contributed by atoms with van der Waals surface area (Å²) in [4.78, 5) is 9.52. The monoisotopic (exact) mass is 299 g/mol. The van der Waals surface area contributed by atoms with Gasteiger partial charge in [0.15, 0.2) is 5.82 Å². The number of anilines is 1. The van der Waals surface area contributed by atoms with Crippen LogP contribution in [-0.2, 0) is 6.42 Å². The Morgan fingerprint density at radius 3 is 2.45 bits per heavy atom. The van der Waals surface area contributed by atoms with Gasteiger partial charge in [0, 0.05) is 50.7 Å². The summed E-state index contributed by atoms with van der Waals surface area (Å²) in [5, 5.41) is 7.33. The molecule has 5 nitrogen and oxygen atoms in total. The first-order valence-corrected chi connectivity index (χ1v) is 8.16. The molecule has 0 saturated carbocycles. The highest BCUT2D eigenvalue weighted by molar-refractivity contribution is 5.46. The van der Waals surface area contributed by atoms with Gasteiger partial charge in [-0.15, -0.1) is 0 Å². The number of benzene rings is 1. The van der Waals surface area contributed by atoms with Gasteiger partial charge in [-0.05, 0) is 12.1 Å². The third-order valence-electron chi connectivity index (χ3n) is 4.22. The van der Waals surface area contributed by atoms with Gasteiger partial charge >= 0.3 is 0 Å². The van der Waals surface area contributed by atoms with Crippen LogP contribution in [0.4, 0.5) is 5.69 Å². The molecule has 0 spiro atoms. The standard InChI is InChI=1S/C17H25N5/c1-14(2)17-18-16(19-20-17)8-9-21-10-12-22(13-11-21)15-6-4-3-5-7-15/h3-7,14H,8-13H2,1-2H3,(H,18,19,20). The number of para-hydroxylation sites is 1. The van der Waals surface area contributed by atoms with Crippen molar-refractivity contribution in [1.82, 2.24) is 20.1 Å². The zero-order valence-electron chi connectivity index (χ0n) is 13.5. The number of rotatable bonds is 5. The van der Waals surface area contributed by atoms with Crippen LogP contribution >= 0.6 is 0 Å². The van der Waals surface area contributed by atoms with Crippen LogP contribution in [0.15, 0.2) is 30.3 Å².